The Balaban J connectivity index is 2.00. The van der Waals surface area contributed by atoms with E-state index in [1.807, 2.05) is 12.1 Å². The summed E-state index contributed by atoms with van der Waals surface area (Å²) in [6, 6.07) is 3.67. The van der Waals surface area contributed by atoms with E-state index < -0.39 is 0 Å². The van der Waals surface area contributed by atoms with Gasteiger partial charge >= 0.3 is 0 Å². The van der Waals surface area contributed by atoms with Crippen LogP contribution in [0.15, 0.2) is 12.1 Å². The Morgan fingerprint density at radius 3 is 2.74 bits per heavy atom. The Morgan fingerprint density at radius 2 is 2.13 bits per heavy atom. The number of carbonyl (C=O) groups is 1. The fraction of sp³-hybridized carbons (Fsp3) is 0.500. The Hall–Kier alpha value is -1.86. The lowest BCUT2D eigenvalue weighted by Crippen LogP contribution is -2.35. The van der Waals surface area contributed by atoms with Crippen molar-refractivity contribution in [3.63, 3.8) is 0 Å². The van der Waals surface area contributed by atoms with Gasteiger partial charge in [0.25, 0.3) is 0 Å². The van der Waals surface area contributed by atoms with Crippen LogP contribution in [0.4, 0.5) is 5.13 Å². The molecular weight excluding hydrogens is 316 g/mol. The number of ether oxygens (including phenoxy) is 3. The third-order valence-corrected chi connectivity index (χ3v) is 5.01. The van der Waals surface area contributed by atoms with Crippen molar-refractivity contribution in [3.05, 3.63) is 12.1 Å². The van der Waals surface area contributed by atoms with Gasteiger partial charge in [-0.05, 0) is 25.0 Å². The number of hydrogen-bond donors (Lipinski definition) is 0. The standard InChI is InChI=1S/C16H20N2O4S/c1-10(19)18(9-11-5-4-8-22-11)16-17-14-12(20-2)6-7-13(21-3)15(14)23-16/h6-7,11H,4-5,8-9H2,1-3H3/t11-/m0/s1. The summed E-state index contributed by atoms with van der Waals surface area (Å²) < 4.78 is 17.3. The van der Waals surface area contributed by atoms with E-state index in [4.69, 9.17) is 14.2 Å². The van der Waals surface area contributed by atoms with Crippen LogP contribution in [0.3, 0.4) is 0 Å². The predicted octanol–water partition coefficient (Wildman–Crippen LogP) is 2.85. The van der Waals surface area contributed by atoms with E-state index in [2.05, 4.69) is 4.98 Å². The quantitative estimate of drug-likeness (QED) is 0.840. The van der Waals surface area contributed by atoms with Crippen molar-refractivity contribution in [3.8, 4) is 11.5 Å². The van der Waals surface area contributed by atoms with Gasteiger partial charge in [-0.25, -0.2) is 4.98 Å². The van der Waals surface area contributed by atoms with Crippen LogP contribution < -0.4 is 14.4 Å². The molecule has 2 heterocycles. The number of hydrogen-bond acceptors (Lipinski definition) is 6. The van der Waals surface area contributed by atoms with Crippen molar-refractivity contribution >= 4 is 32.6 Å². The zero-order valence-electron chi connectivity index (χ0n) is 13.5. The van der Waals surface area contributed by atoms with Gasteiger partial charge in [-0.2, -0.15) is 0 Å². The van der Waals surface area contributed by atoms with Crippen molar-refractivity contribution in [1.29, 1.82) is 0 Å². The van der Waals surface area contributed by atoms with Gasteiger partial charge in [-0.15, -0.1) is 0 Å². The maximum Gasteiger partial charge on any atom is 0.225 e. The molecule has 6 nitrogen and oxygen atoms in total. The first-order valence-electron chi connectivity index (χ1n) is 7.55. The van der Waals surface area contributed by atoms with Gasteiger partial charge in [-0.3, -0.25) is 9.69 Å². The number of anilines is 1. The summed E-state index contributed by atoms with van der Waals surface area (Å²) in [6.45, 7) is 2.84. The minimum Gasteiger partial charge on any atom is -0.495 e. The SMILES string of the molecule is COc1ccc(OC)c2sc(N(C[C@@H]3CCCO3)C(C)=O)nc12. The number of nitrogens with zero attached hydrogens (tertiary/aromatic N) is 2. The molecule has 1 saturated heterocycles. The summed E-state index contributed by atoms with van der Waals surface area (Å²) in [4.78, 5) is 18.4. The molecule has 3 rings (SSSR count). The van der Waals surface area contributed by atoms with Gasteiger partial charge in [0.15, 0.2) is 5.13 Å². The summed E-state index contributed by atoms with van der Waals surface area (Å²) in [5.74, 6) is 1.35. The predicted molar refractivity (Wildman–Crippen MR) is 89.7 cm³/mol. The Bertz CT molecular complexity index is 668. The lowest BCUT2D eigenvalue weighted by molar-refractivity contribution is -0.116. The molecule has 0 N–H and O–H groups in total. The number of amides is 1. The van der Waals surface area contributed by atoms with E-state index in [9.17, 15) is 4.79 Å². The fourth-order valence-corrected chi connectivity index (χ4v) is 3.85. The zero-order valence-corrected chi connectivity index (χ0v) is 14.3. The minimum absolute atomic E-state index is 0.0440. The first-order chi connectivity index (χ1) is 11.1. The molecule has 0 radical (unpaired) electrons. The molecule has 1 aromatic heterocycles. The molecule has 0 unspecified atom stereocenters. The molecule has 0 bridgehead atoms. The largest absolute Gasteiger partial charge is 0.495 e. The summed E-state index contributed by atoms with van der Waals surface area (Å²) >= 11 is 1.43. The molecule has 23 heavy (non-hydrogen) atoms. The molecular formula is C16H20N2O4S. The number of benzene rings is 1. The van der Waals surface area contributed by atoms with Gasteiger partial charge in [0.05, 0.1) is 26.9 Å². The van der Waals surface area contributed by atoms with Crippen LogP contribution in [-0.4, -0.2) is 44.4 Å². The van der Waals surface area contributed by atoms with Crippen LogP contribution in [-0.2, 0) is 9.53 Å². The summed E-state index contributed by atoms with van der Waals surface area (Å²) in [5.41, 5.74) is 0.713. The number of methoxy groups -OCH3 is 2. The number of fused-ring (bicyclic) bond motifs is 1. The van der Waals surface area contributed by atoms with E-state index in [1.54, 1.807) is 26.0 Å². The van der Waals surface area contributed by atoms with Crippen LogP contribution in [0, 0.1) is 0 Å². The second-order valence-electron chi connectivity index (χ2n) is 5.41. The van der Waals surface area contributed by atoms with E-state index in [0.717, 1.165) is 29.9 Å². The molecule has 1 aromatic carbocycles. The monoisotopic (exact) mass is 336 g/mol. The van der Waals surface area contributed by atoms with Crippen LogP contribution in [0.1, 0.15) is 19.8 Å². The van der Waals surface area contributed by atoms with Crippen molar-refractivity contribution in [2.75, 3.05) is 32.3 Å². The highest BCUT2D eigenvalue weighted by Gasteiger charge is 2.25. The molecule has 1 aliphatic heterocycles. The number of thiazole rings is 1. The molecule has 1 fully saturated rings. The molecule has 1 amide bonds. The highest BCUT2D eigenvalue weighted by molar-refractivity contribution is 7.22. The van der Waals surface area contributed by atoms with Gasteiger partial charge < -0.3 is 14.2 Å². The zero-order chi connectivity index (χ0) is 16.4. The molecule has 7 heteroatoms. The molecule has 2 aromatic rings. The second kappa shape index (κ2) is 6.72. The van der Waals surface area contributed by atoms with Gasteiger partial charge in [0.2, 0.25) is 5.91 Å². The third-order valence-electron chi connectivity index (χ3n) is 3.92. The second-order valence-corrected chi connectivity index (χ2v) is 6.39. The van der Waals surface area contributed by atoms with E-state index in [0.29, 0.717) is 22.9 Å². The molecule has 0 spiro atoms. The van der Waals surface area contributed by atoms with Gasteiger partial charge in [0, 0.05) is 13.5 Å². The van der Waals surface area contributed by atoms with Crippen LogP contribution >= 0.6 is 11.3 Å². The van der Waals surface area contributed by atoms with Crippen LogP contribution in [0.5, 0.6) is 11.5 Å². The average molecular weight is 336 g/mol. The Kier molecular flexibility index (Phi) is 4.68. The Morgan fingerprint density at radius 1 is 1.39 bits per heavy atom. The van der Waals surface area contributed by atoms with E-state index in [-0.39, 0.29) is 12.0 Å². The maximum absolute atomic E-state index is 12.1. The smallest absolute Gasteiger partial charge is 0.225 e. The fourth-order valence-electron chi connectivity index (χ4n) is 2.72. The maximum atomic E-state index is 12.1. The van der Waals surface area contributed by atoms with Crippen LogP contribution in [0.2, 0.25) is 0 Å². The number of carbonyl (C=O) groups excluding carboxylic acids is 1. The lowest BCUT2D eigenvalue weighted by atomic mass is 10.2. The highest BCUT2D eigenvalue weighted by atomic mass is 32.1. The first-order valence-corrected chi connectivity index (χ1v) is 8.37. The topological polar surface area (TPSA) is 60.9 Å². The highest BCUT2D eigenvalue weighted by Crippen LogP contribution is 2.40. The molecule has 0 saturated carbocycles. The van der Waals surface area contributed by atoms with Gasteiger partial charge in [-0.1, -0.05) is 11.3 Å². The first kappa shape index (κ1) is 16.0. The third kappa shape index (κ3) is 3.11. The van der Waals surface area contributed by atoms with Crippen molar-refractivity contribution < 1.29 is 19.0 Å². The minimum atomic E-state index is -0.0440. The van der Waals surface area contributed by atoms with E-state index in [1.165, 1.54) is 11.3 Å². The molecule has 1 atom stereocenters. The van der Waals surface area contributed by atoms with Crippen molar-refractivity contribution in [2.24, 2.45) is 0 Å². The molecule has 0 aliphatic carbocycles. The van der Waals surface area contributed by atoms with Gasteiger partial charge in [0.1, 0.15) is 21.7 Å². The van der Waals surface area contributed by atoms with Crippen molar-refractivity contribution in [2.45, 2.75) is 25.9 Å². The average Bonchev–Trinajstić information content (AvgIpc) is 3.20. The van der Waals surface area contributed by atoms with E-state index >= 15 is 0 Å². The molecule has 1 aliphatic rings. The van der Waals surface area contributed by atoms with Crippen LogP contribution in [0.25, 0.3) is 10.2 Å². The number of aromatic nitrogens is 1. The summed E-state index contributed by atoms with van der Waals surface area (Å²) in [7, 11) is 3.23. The summed E-state index contributed by atoms with van der Waals surface area (Å²) in [6.07, 6.45) is 2.09. The summed E-state index contributed by atoms with van der Waals surface area (Å²) in [5, 5.41) is 0.644. The van der Waals surface area contributed by atoms with Crippen molar-refractivity contribution in [1.82, 2.24) is 4.98 Å². The molecule has 124 valence electrons. The normalized spacial score (nSPS) is 17.4. The Labute approximate surface area is 139 Å². The number of rotatable bonds is 5. The lowest BCUT2D eigenvalue weighted by Gasteiger charge is -2.21.